The zero-order valence-electron chi connectivity index (χ0n) is 20.0. The molecule has 0 aromatic heterocycles. The third-order valence-electron chi connectivity index (χ3n) is 5.50. The van der Waals surface area contributed by atoms with Crippen molar-refractivity contribution >= 4 is 33.4 Å². The SMILES string of the molecule is CCCC[C@H](CC)CNC(=O)CN(c1ccccc1OCC)S(=O)(=O)c1ccc(SC)cc1. The number of anilines is 1. The van der Waals surface area contributed by atoms with Crippen molar-refractivity contribution in [3.63, 3.8) is 0 Å². The number of para-hydroxylation sites is 2. The van der Waals surface area contributed by atoms with E-state index in [0.29, 0.717) is 30.5 Å². The summed E-state index contributed by atoms with van der Waals surface area (Å²) < 4.78 is 34.1. The maximum absolute atomic E-state index is 13.6. The fourth-order valence-corrected chi connectivity index (χ4v) is 5.34. The summed E-state index contributed by atoms with van der Waals surface area (Å²) in [5.41, 5.74) is 0.349. The molecule has 0 aliphatic rings. The number of ether oxygens (including phenoxy) is 1. The van der Waals surface area contributed by atoms with Crippen molar-refractivity contribution in [3.05, 3.63) is 48.5 Å². The van der Waals surface area contributed by atoms with Crippen LogP contribution in [0.5, 0.6) is 5.75 Å². The van der Waals surface area contributed by atoms with Gasteiger partial charge in [0.25, 0.3) is 10.0 Å². The number of nitrogens with zero attached hydrogens (tertiary/aromatic N) is 1. The first-order chi connectivity index (χ1) is 15.9. The molecule has 0 heterocycles. The molecule has 0 radical (unpaired) electrons. The number of rotatable bonds is 14. The molecule has 0 aliphatic heterocycles. The summed E-state index contributed by atoms with van der Waals surface area (Å²) in [4.78, 5) is 14.0. The molecular weight excluding hydrogens is 456 g/mol. The monoisotopic (exact) mass is 492 g/mol. The molecule has 0 spiro atoms. The number of benzene rings is 2. The molecule has 2 aromatic rings. The van der Waals surface area contributed by atoms with Crippen LogP contribution in [0.2, 0.25) is 0 Å². The Bertz CT molecular complexity index is 978. The van der Waals surface area contributed by atoms with E-state index in [1.54, 1.807) is 48.5 Å². The quantitative estimate of drug-likeness (QED) is 0.361. The zero-order chi connectivity index (χ0) is 24.3. The van der Waals surface area contributed by atoms with Crippen LogP contribution in [0.15, 0.2) is 58.3 Å². The van der Waals surface area contributed by atoms with Crippen LogP contribution >= 0.6 is 11.8 Å². The number of hydrogen-bond acceptors (Lipinski definition) is 5. The van der Waals surface area contributed by atoms with Gasteiger partial charge in [0.1, 0.15) is 12.3 Å². The van der Waals surface area contributed by atoms with Crippen LogP contribution in [0.1, 0.15) is 46.5 Å². The fraction of sp³-hybridized carbons (Fsp3) is 0.480. The molecule has 8 heteroatoms. The number of unbranched alkanes of at least 4 members (excludes halogenated alkanes) is 1. The minimum Gasteiger partial charge on any atom is -0.492 e. The number of sulfonamides is 1. The van der Waals surface area contributed by atoms with Gasteiger partial charge in [-0.3, -0.25) is 9.10 Å². The van der Waals surface area contributed by atoms with Gasteiger partial charge in [0.2, 0.25) is 5.91 Å². The molecule has 1 N–H and O–H groups in total. The van der Waals surface area contributed by atoms with Gasteiger partial charge in [-0.15, -0.1) is 11.8 Å². The number of amides is 1. The summed E-state index contributed by atoms with van der Waals surface area (Å²) in [6, 6.07) is 13.6. The lowest BCUT2D eigenvalue weighted by Gasteiger charge is -2.26. The third-order valence-corrected chi connectivity index (χ3v) is 8.02. The highest BCUT2D eigenvalue weighted by molar-refractivity contribution is 7.98. The van der Waals surface area contributed by atoms with Gasteiger partial charge in [-0.05, 0) is 61.9 Å². The molecule has 0 fully saturated rings. The molecule has 1 atom stereocenters. The summed E-state index contributed by atoms with van der Waals surface area (Å²) in [5.74, 6) is 0.473. The second-order valence-corrected chi connectivity index (χ2v) is 10.6. The molecule has 2 aromatic carbocycles. The highest BCUT2D eigenvalue weighted by Gasteiger charge is 2.29. The molecule has 33 heavy (non-hydrogen) atoms. The first kappa shape index (κ1) is 27.1. The normalized spacial score (nSPS) is 12.2. The molecule has 2 rings (SSSR count). The largest absolute Gasteiger partial charge is 0.492 e. The Kier molecular flexibility index (Phi) is 11.1. The molecule has 0 unspecified atom stereocenters. The van der Waals surface area contributed by atoms with Crippen molar-refractivity contribution in [2.24, 2.45) is 5.92 Å². The first-order valence-electron chi connectivity index (χ1n) is 11.5. The van der Waals surface area contributed by atoms with E-state index in [4.69, 9.17) is 4.74 Å². The topological polar surface area (TPSA) is 75.7 Å². The van der Waals surface area contributed by atoms with Gasteiger partial charge < -0.3 is 10.1 Å². The Hall–Kier alpha value is -2.19. The smallest absolute Gasteiger partial charge is 0.264 e. The number of carbonyl (C=O) groups excluding carboxylic acids is 1. The Morgan fingerprint density at radius 1 is 1.09 bits per heavy atom. The molecule has 0 saturated carbocycles. The average Bonchev–Trinajstić information content (AvgIpc) is 2.83. The zero-order valence-corrected chi connectivity index (χ0v) is 21.7. The highest BCUT2D eigenvalue weighted by atomic mass is 32.2. The van der Waals surface area contributed by atoms with Gasteiger partial charge in [-0.2, -0.15) is 0 Å². The van der Waals surface area contributed by atoms with Crippen molar-refractivity contribution in [2.45, 2.75) is 56.2 Å². The maximum Gasteiger partial charge on any atom is 0.264 e. The third kappa shape index (κ3) is 7.67. The van der Waals surface area contributed by atoms with Gasteiger partial charge in [-0.25, -0.2) is 8.42 Å². The van der Waals surface area contributed by atoms with E-state index in [9.17, 15) is 13.2 Å². The molecule has 0 aliphatic carbocycles. The van der Waals surface area contributed by atoms with Crippen LogP contribution in [0.4, 0.5) is 5.69 Å². The molecular formula is C25H36N2O4S2. The lowest BCUT2D eigenvalue weighted by molar-refractivity contribution is -0.119. The summed E-state index contributed by atoms with van der Waals surface area (Å²) in [6.07, 6.45) is 6.17. The van der Waals surface area contributed by atoms with Crippen LogP contribution in [-0.2, 0) is 14.8 Å². The molecule has 1 amide bonds. The average molecular weight is 493 g/mol. The van der Waals surface area contributed by atoms with Crippen LogP contribution in [0, 0.1) is 5.92 Å². The Balaban J connectivity index is 2.34. The van der Waals surface area contributed by atoms with Crippen LogP contribution in [0.3, 0.4) is 0 Å². The van der Waals surface area contributed by atoms with Crippen LogP contribution < -0.4 is 14.4 Å². The van der Waals surface area contributed by atoms with E-state index in [1.807, 2.05) is 13.2 Å². The molecule has 0 saturated heterocycles. The number of hydrogen-bond donors (Lipinski definition) is 1. The van der Waals surface area contributed by atoms with Crippen molar-refractivity contribution in [1.82, 2.24) is 5.32 Å². The standard InChI is InChI=1S/C25H36N2O4S2/c1-5-8-11-20(6-2)18-26-25(28)19-27(23-12-9-10-13-24(23)31-7-3)33(29,30)22-16-14-21(32-4)15-17-22/h9-10,12-17,20H,5-8,11,18-19H2,1-4H3,(H,26,28)/t20-/m0/s1. The number of nitrogens with one attached hydrogen (secondary N) is 1. The predicted octanol–water partition coefficient (Wildman–Crippen LogP) is 5.34. The van der Waals surface area contributed by atoms with E-state index in [2.05, 4.69) is 19.2 Å². The van der Waals surface area contributed by atoms with Crippen LogP contribution in [-0.4, -0.2) is 40.3 Å². The summed E-state index contributed by atoms with van der Waals surface area (Å²) in [5, 5.41) is 2.95. The van der Waals surface area contributed by atoms with Gasteiger partial charge in [0.15, 0.2) is 0 Å². The number of thioether (sulfide) groups is 1. The van der Waals surface area contributed by atoms with Crippen molar-refractivity contribution in [3.8, 4) is 5.75 Å². The minimum absolute atomic E-state index is 0.133. The van der Waals surface area contributed by atoms with E-state index in [1.165, 1.54) is 11.8 Å². The Morgan fingerprint density at radius 2 is 1.79 bits per heavy atom. The van der Waals surface area contributed by atoms with Gasteiger partial charge in [0, 0.05) is 11.4 Å². The van der Waals surface area contributed by atoms with Crippen molar-refractivity contribution in [1.29, 1.82) is 0 Å². The highest BCUT2D eigenvalue weighted by Crippen LogP contribution is 2.33. The van der Waals surface area contributed by atoms with E-state index >= 15 is 0 Å². The lowest BCUT2D eigenvalue weighted by atomic mass is 9.99. The van der Waals surface area contributed by atoms with E-state index < -0.39 is 10.0 Å². The van der Waals surface area contributed by atoms with Gasteiger partial charge in [-0.1, -0.05) is 45.2 Å². The number of carbonyl (C=O) groups is 1. The fourth-order valence-electron chi connectivity index (χ4n) is 3.50. The molecule has 6 nitrogen and oxygen atoms in total. The molecule has 0 bridgehead atoms. The first-order valence-corrected chi connectivity index (χ1v) is 14.2. The maximum atomic E-state index is 13.6. The second-order valence-electron chi connectivity index (χ2n) is 7.81. The van der Waals surface area contributed by atoms with Gasteiger partial charge in [0.05, 0.1) is 17.2 Å². The summed E-state index contributed by atoms with van der Waals surface area (Å²) in [7, 11) is -3.99. The Morgan fingerprint density at radius 3 is 2.39 bits per heavy atom. The van der Waals surface area contributed by atoms with Crippen molar-refractivity contribution < 1.29 is 17.9 Å². The predicted molar refractivity (Wildman–Crippen MR) is 137 cm³/mol. The molecule has 182 valence electrons. The van der Waals surface area contributed by atoms with E-state index in [0.717, 1.165) is 34.9 Å². The Labute approximate surface area is 203 Å². The summed E-state index contributed by atoms with van der Waals surface area (Å²) in [6.45, 7) is 6.70. The van der Waals surface area contributed by atoms with Crippen molar-refractivity contribution in [2.75, 3.05) is 30.3 Å². The summed E-state index contributed by atoms with van der Waals surface area (Å²) >= 11 is 1.54. The van der Waals surface area contributed by atoms with Crippen LogP contribution in [0.25, 0.3) is 0 Å². The minimum atomic E-state index is -3.99. The van der Waals surface area contributed by atoms with E-state index in [-0.39, 0.29) is 17.3 Å². The second kappa shape index (κ2) is 13.5. The lowest BCUT2D eigenvalue weighted by Crippen LogP contribution is -2.42. The van der Waals surface area contributed by atoms with Gasteiger partial charge >= 0.3 is 0 Å².